The number of aryl methyl sites for hydroxylation is 1. The summed E-state index contributed by atoms with van der Waals surface area (Å²) in [5.74, 6) is 1.67. The predicted molar refractivity (Wildman–Crippen MR) is 112 cm³/mol. The Labute approximate surface area is 167 Å². The number of hydrogen-bond donors (Lipinski definition) is 0. The molecule has 0 radical (unpaired) electrons. The minimum absolute atomic E-state index is 0.264. The van der Waals surface area contributed by atoms with Gasteiger partial charge in [-0.15, -0.1) is 16.4 Å². The molecule has 0 bridgehead atoms. The minimum atomic E-state index is -0.264. The van der Waals surface area contributed by atoms with E-state index in [1.807, 2.05) is 46.8 Å². The summed E-state index contributed by atoms with van der Waals surface area (Å²) in [7, 11) is 0. The average Bonchev–Trinajstić information content (AvgIpc) is 3.36. The Hall–Kier alpha value is -2.12. The van der Waals surface area contributed by atoms with Crippen molar-refractivity contribution in [2.24, 2.45) is 5.16 Å². The van der Waals surface area contributed by atoms with Gasteiger partial charge in [-0.2, -0.15) is 11.8 Å². The van der Waals surface area contributed by atoms with Crippen LogP contribution in [0.1, 0.15) is 35.2 Å². The number of thiophene rings is 1. The third-order valence-corrected chi connectivity index (χ3v) is 7.04. The van der Waals surface area contributed by atoms with Crippen molar-refractivity contribution in [1.82, 2.24) is 15.0 Å². The second kappa shape index (κ2) is 7.48. The maximum atomic E-state index is 5.81. The van der Waals surface area contributed by atoms with Crippen LogP contribution in [0.4, 0.5) is 0 Å². The van der Waals surface area contributed by atoms with E-state index in [2.05, 4.69) is 47.7 Å². The van der Waals surface area contributed by atoms with Gasteiger partial charge in [-0.25, -0.2) is 4.68 Å². The van der Waals surface area contributed by atoms with E-state index in [1.165, 1.54) is 10.4 Å². The normalized spacial score (nSPS) is 19.1. The van der Waals surface area contributed by atoms with Gasteiger partial charge in [0.05, 0.1) is 22.0 Å². The monoisotopic (exact) mass is 398 g/mol. The lowest BCUT2D eigenvalue weighted by molar-refractivity contribution is 0.0163. The Morgan fingerprint density at radius 1 is 1.22 bits per heavy atom. The highest BCUT2D eigenvalue weighted by Crippen LogP contribution is 2.33. The zero-order valence-corrected chi connectivity index (χ0v) is 17.3. The highest BCUT2D eigenvalue weighted by Gasteiger charge is 2.35. The number of hydrogen-bond acceptors (Lipinski definition) is 6. The van der Waals surface area contributed by atoms with Crippen LogP contribution in [0.15, 0.2) is 46.9 Å². The van der Waals surface area contributed by atoms with E-state index in [0.717, 1.165) is 40.7 Å². The lowest BCUT2D eigenvalue weighted by atomic mass is 10.0. The van der Waals surface area contributed by atoms with E-state index in [1.54, 1.807) is 11.3 Å². The van der Waals surface area contributed by atoms with Gasteiger partial charge in [-0.1, -0.05) is 28.6 Å². The molecule has 3 aromatic rings. The Bertz CT molecular complexity index is 964. The third-order valence-electron chi connectivity index (χ3n) is 4.68. The smallest absolute Gasteiger partial charge is 0.149 e. The molecule has 1 aliphatic heterocycles. The van der Waals surface area contributed by atoms with Gasteiger partial charge < -0.3 is 4.84 Å². The lowest BCUT2D eigenvalue weighted by Crippen LogP contribution is -2.28. The van der Waals surface area contributed by atoms with Gasteiger partial charge in [0.25, 0.3) is 0 Å². The van der Waals surface area contributed by atoms with Crippen molar-refractivity contribution in [3.63, 3.8) is 0 Å². The molecule has 1 atom stereocenters. The fraction of sp³-hybridized carbons (Fsp3) is 0.350. The lowest BCUT2D eigenvalue weighted by Gasteiger charge is -2.20. The molecular weight excluding hydrogens is 376 g/mol. The first kappa shape index (κ1) is 18.3. The van der Waals surface area contributed by atoms with E-state index in [9.17, 15) is 0 Å². The number of rotatable bonds is 6. The summed E-state index contributed by atoms with van der Waals surface area (Å²) in [5.41, 5.74) is 5.20. The summed E-state index contributed by atoms with van der Waals surface area (Å²) in [5, 5.41) is 15.1. The summed E-state index contributed by atoms with van der Waals surface area (Å²) in [6, 6.07) is 12.2. The van der Waals surface area contributed by atoms with Gasteiger partial charge >= 0.3 is 0 Å². The summed E-state index contributed by atoms with van der Waals surface area (Å²) in [4.78, 5) is 7.05. The Balaban J connectivity index is 1.36. The average molecular weight is 399 g/mol. The first-order valence-corrected chi connectivity index (χ1v) is 10.9. The number of para-hydroxylation sites is 1. The molecule has 0 saturated heterocycles. The van der Waals surface area contributed by atoms with Crippen LogP contribution in [0, 0.1) is 13.8 Å². The first-order valence-electron chi connectivity index (χ1n) is 8.90. The number of thioether (sulfide) groups is 1. The number of aromatic nitrogens is 3. The molecule has 5 nitrogen and oxygen atoms in total. The van der Waals surface area contributed by atoms with E-state index < -0.39 is 0 Å². The second-order valence-corrected chi connectivity index (χ2v) is 8.95. The molecule has 3 heterocycles. The van der Waals surface area contributed by atoms with Crippen LogP contribution in [-0.2, 0) is 10.6 Å². The standard InChI is InChI=1S/C20H22N4OS2/c1-14-9-10-27-19(14)17-11-20(3,25-22-17)13-26-12-18-15(2)24(23-21-18)16-7-5-4-6-8-16/h4-10H,11-13H2,1-3H3. The third kappa shape index (κ3) is 3.80. The van der Waals surface area contributed by atoms with Gasteiger partial charge in [-0.3, -0.25) is 0 Å². The first-order chi connectivity index (χ1) is 13.1. The Morgan fingerprint density at radius 3 is 2.78 bits per heavy atom. The summed E-state index contributed by atoms with van der Waals surface area (Å²) < 4.78 is 1.89. The van der Waals surface area contributed by atoms with Crippen molar-refractivity contribution in [1.29, 1.82) is 0 Å². The highest BCUT2D eigenvalue weighted by molar-refractivity contribution is 7.98. The highest BCUT2D eigenvalue weighted by atomic mass is 32.2. The molecule has 0 saturated carbocycles. The van der Waals surface area contributed by atoms with E-state index in [0.29, 0.717) is 0 Å². The molecule has 7 heteroatoms. The second-order valence-electron chi connectivity index (χ2n) is 7.05. The van der Waals surface area contributed by atoms with Crippen molar-refractivity contribution < 1.29 is 4.84 Å². The fourth-order valence-electron chi connectivity index (χ4n) is 3.12. The molecule has 4 rings (SSSR count). The van der Waals surface area contributed by atoms with Gasteiger partial charge in [-0.05, 0) is 49.9 Å². The van der Waals surface area contributed by atoms with E-state index in [4.69, 9.17) is 4.84 Å². The van der Waals surface area contributed by atoms with Crippen LogP contribution in [-0.4, -0.2) is 32.1 Å². The molecule has 1 aliphatic rings. The van der Waals surface area contributed by atoms with Crippen LogP contribution in [0.25, 0.3) is 5.69 Å². The SMILES string of the molecule is Cc1ccsc1C1=NOC(C)(CSCc2nnn(-c3ccccc3)c2C)C1. The van der Waals surface area contributed by atoms with Gasteiger partial charge in [0, 0.05) is 17.9 Å². The van der Waals surface area contributed by atoms with Crippen molar-refractivity contribution in [3.05, 3.63) is 63.6 Å². The van der Waals surface area contributed by atoms with Gasteiger partial charge in [0.15, 0.2) is 0 Å². The summed E-state index contributed by atoms with van der Waals surface area (Å²) in [6.07, 6.45) is 0.844. The van der Waals surface area contributed by atoms with Crippen LogP contribution >= 0.6 is 23.1 Å². The Kier molecular flexibility index (Phi) is 5.06. The molecule has 0 spiro atoms. The number of oxime groups is 1. The van der Waals surface area contributed by atoms with E-state index in [-0.39, 0.29) is 5.60 Å². The number of benzene rings is 1. The zero-order chi connectivity index (χ0) is 18.9. The van der Waals surface area contributed by atoms with Crippen molar-refractivity contribution in [2.45, 2.75) is 38.5 Å². The molecule has 27 heavy (non-hydrogen) atoms. The molecule has 140 valence electrons. The molecule has 2 aromatic heterocycles. The largest absolute Gasteiger partial charge is 0.388 e. The zero-order valence-electron chi connectivity index (χ0n) is 15.7. The Morgan fingerprint density at radius 2 is 2.04 bits per heavy atom. The van der Waals surface area contributed by atoms with Crippen molar-refractivity contribution in [3.8, 4) is 5.69 Å². The fourth-order valence-corrected chi connectivity index (χ4v) is 5.18. The van der Waals surface area contributed by atoms with Crippen LogP contribution in [0.2, 0.25) is 0 Å². The molecule has 0 N–H and O–H groups in total. The quantitative estimate of drug-likeness (QED) is 0.601. The molecule has 0 fully saturated rings. The van der Waals surface area contributed by atoms with Crippen LogP contribution in [0.5, 0.6) is 0 Å². The molecular formula is C20H22N4OS2. The molecule has 1 aromatic carbocycles. The van der Waals surface area contributed by atoms with E-state index >= 15 is 0 Å². The maximum Gasteiger partial charge on any atom is 0.149 e. The van der Waals surface area contributed by atoms with Crippen LogP contribution in [0.3, 0.4) is 0 Å². The summed E-state index contributed by atoms with van der Waals surface area (Å²) in [6.45, 7) is 6.32. The van der Waals surface area contributed by atoms with Crippen LogP contribution < -0.4 is 0 Å². The molecule has 0 amide bonds. The van der Waals surface area contributed by atoms with Gasteiger partial charge in [0.2, 0.25) is 0 Å². The predicted octanol–water partition coefficient (Wildman–Crippen LogP) is 4.76. The molecule has 1 unspecified atom stereocenters. The van der Waals surface area contributed by atoms with Gasteiger partial charge in [0.1, 0.15) is 11.3 Å². The maximum absolute atomic E-state index is 5.81. The van der Waals surface area contributed by atoms with Crippen molar-refractivity contribution in [2.75, 3.05) is 5.75 Å². The number of nitrogens with zero attached hydrogens (tertiary/aromatic N) is 4. The topological polar surface area (TPSA) is 52.3 Å². The summed E-state index contributed by atoms with van der Waals surface area (Å²) >= 11 is 3.55. The van der Waals surface area contributed by atoms with Crippen molar-refractivity contribution >= 4 is 28.8 Å². The minimum Gasteiger partial charge on any atom is -0.388 e. The molecule has 0 aliphatic carbocycles.